The minimum absolute atomic E-state index is 0.125. The fourth-order valence-corrected chi connectivity index (χ4v) is 4.76. The molecule has 1 atom stereocenters. The Kier molecular flexibility index (Phi) is 6.11. The average Bonchev–Trinajstić information content (AvgIpc) is 3.27. The van der Waals surface area contributed by atoms with E-state index in [2.05, 4.69) is 0 Å². The van der Waals surface area contributed by atoms with Crippen LogP contribution >= 0.6 is 0 Å². The summed E-state index contributed by atoms with van der Waals surface area (Å²) in [4.78, 5) is 27.8. The Morgan fingerprint density at radius 1 is 1.21 bits per heavy atom. The SMILES string of the molecule is CCC1CCCN1c1ccc(CC(=O)C2=CCc3ccc(C#N)cc3C2=O)c(C(F)(F)F)c1. The number of alkyl halides is 3. The van der Waals surface area contributed by atoms with Gasteiger partial charge in [0.15, 0.2) is 11.6 Å². The summed E-state index contributed by atoms with van der Waals surface area (Å²) in [6, 6.07) is 11.0. The van der Waals surface area contributed by atoms with Gasteiger partial charge in [0.05, 0.1) is 22.8 Å². The number of nitrogens with zero attached hydrogens (tertiary/aromatic N) is 2. The molecule has 0 amide bonds. The lowest BCUT2D eigenvalue weighted by atomic mass is 9.85. The molecule has 2 aromatic carbocycles. The highest BCUT2D eigenvalue weighted by atomic mass is 19.4. The molecule has 170 valence electrons. The van der Waals surface area contributed by atoms with Gasteiger partial charge < -0.3 is 4.90 Å². The van der Waals surface area contributed by atoms with Crippen LogP contribution in [0.5, 0.6) is 0 Å². The van der Waals surface area contributed by atoms with E-state index in [1.54, 1.807) is 18.2 Å². The lowest BCUT2D eigenvalue weighted by Crippen LogP contribution is -2.29. The molecule has 4 rings (SSSR count). The van der Waals surface area contributed by atoms with Crippen LogP contribution in [0.1, 0.15) is 58.8 Å². The zero-order valence-electron chi connectivity index (χ0n) is 18.2. The van der Waals surface area contributed by atoms with Crippen LogP contribution in [0.4, 0.5) is 18.9 Å². The van der Waals surface area contributed by atoms with Gasteiger partial charge in [0.1, 0.15) is 0 Å². The smallest absolute Gasteiger partial charge is 0.369 e. The lowest BCUT2D eigenvalue weighted by molar-refractivity contribution is -0.138. The van der Waals surface area contributed by atoms with Crippen LogP contribution in [0.15, 0.2) is 48.0 Å². The number of anilines is 1. The van der Waals surface area contributed by atoms with Crippen molar-refractivity contribution >= 4 is 17.3 Å². The standard InChI is InChI=1S/C26H23F3N2O2/c1-2-19-4-3-11-31(19)20-9-7-18(23(14-20)26(27,28)29)13-24(32)21-10-8-17-6-5-16(15-30)12-22(17)25(21)33/h5-7,9-10,12,14,19H,2-4,8,11,13H2,1H3. The molecule has 1 saturated heterocycles. The molecule has 2 aromatic rings. The van der Waals surface area contributed by atoms with Gasteiger partial charge in [-0.25, -0.2) is 0 Å². The highest BCUT2D eigenvalue weighted by molar-refractivity contribution is 6.27. The molecular weight excluding hydrogens is 429 g/mol. The minimum Gasteiger partial charge on any atom is -0.369 e. The second-order valence-corrected chi connectivity index (χ2v) is 8.47. The van der Waals surface area contributed by atoms with Crippen molar-refractivity contribution in [2.75, 3.05) is 11.4 Å². The predicted octanol–water partition coefficient (Wildman–Crippen LogP) is 5.43. The largest absolute Gasteiger partial charge is 0.416 e. The molecule has 1 aliphatic carbocycles. The fourth-order valence-electron chi connectivity index (χ4n) is 4.76. The van der Waals surface area contributed by atoms with E-state index in [1.165, 1.54) is 18.2 Å². The van der Waals surface area contributed by atoms with Crippen LogP contribution in [0, 0.1) is 11.3 Å². The summed E-state index contributed by atoms with van der Waals surface area (Å²) in [7, 11) is 0. The van der Waals surface area contributed by atoms with Crippen molar-refractivity contribution in [3.8, 4) is 6.07 Å². The summed E-state index contributed by atoms with van der Waals surface area (Å²) in [5.74, 6) is -1.20. The number of hydrogen-bond acceptors (Lipinski definition) is 4. The summed E-state index contributed by atoms with van der Waals surface area (Å²) >= 11 is 0. The highest BCUT2D eigenvalue weighted by Crippen LogP contribution is 2.37. The Hall–Kier alpha value is -3.40. The van der Waals surface area contributed by atoms with Crippen LogP contribution < -0.4 is 4.90 Å². The van der Waals surface area contributed by atoms with Crippen LogP contribution in [0.25, 0.3) is 0 Å². The molecule has 2 aliphatic rings. The Balaban J connectivity index is 1.62. The van der Waals surface area contributed by atoms with E-state index in [-0.39, 0.29) is 28.3 Å². The molecule has 0 bridgehead atoms. The number of ketones is 2. The number of nitriles is 1. The van der Waals surface area contributed by atoms with Gasteiger partial charge in [0.2, 0.25) is 0 Å². The summed E-state index contributed by atoms with van der Waals surface area (Å²) in [5.41, 5.74) is 0.630. The Labute approximate surface area is 190 Å². The number of allylic oxidation sites excluding steroid dienone is 2. The quantitative estimate of drug-likeness (QED) is 0.568. The number of hydrogen-bond donors (Lipinski definition) is 0. The van der Waals surface area contributed by atoms with Gasteiger partial charge in [-0.15, -0.1) is 0 Å². The molecule has 1 unspecified atom stereocenters. The number of carbonyl (C=O) groups excluding carboxylic acids is 2. The van der Waals surface area contributed by atoms with Gasteiger partial charge in [0, 0.05) is 30.3 Å². The van der Waals surface area contributed by atoms with E-state index in [4.69, 9.17) is 5.26 Å². The maximum Gasteiger partial charge on any atom is 0.416 e. The summed E-state index contributed by atoms with van der Waals surface area (Å²) < 4.78 is 41.7. The first kappa shape index (κ1) is 22.8. The van der Waals surface area contributed by atoms with E-state index in [0.29, 0.717) is 24.2 Å². The van der Waals surface area contributed by atoms with Crippen molar-refractivity contribution in [1.82, 2.24) is 0 Å². The third-order valence-corrected chi connectivity index (χ3v) is 6.48. The first-order valence-corrected chi connectivity index (χ1v) is 11.0. The van der Waals surface area contributed by atoms with Crippen LogP contribution in [0.3, 0.4) is 0 Å². The van der Waals surface area contributed by atoms with E-state index in [0.717, 1.165) is 25.3 Å². The van der Waals surface area contributed by atoms with Crippen molar-refractivity contribution in [1.29, 1.82) is 5.26 Å². The van der Waals surface area contributed by atoms with Crippen LogP contribution in [-0.2, 0) is 23.8 Å². The summed E-state index contributed by atoms with van der Waals surface area (Å²) in [6.07, 6.45) is -0.617. The maximum absolute atomic E-state index is 13.9. The van der Waals surface area contributed by atoms with Gasteiger partial charge in [-0.3, -0.25) is 9.59 Å². The van der Waals surface area contributed by atoms with E-state index in [1.807, 2.05) is 17.9 Å². The summed E-state index contributed by atoms with van der Waals surface area (Å²) in [6.45, 7) is 2.73. The normalized spacial score (nSPS) is 18.0. The Bertz CT molecular complexity index is 1190. The molecule has 0 saturated carbocycles. The van der Waals surface area contributed by atoms with Gasteiger partial charge in [0.25, 0.3) is 0 Å². The second-order valence-electron chi connectivity index (χ2n) is 8.47. The van der Waals surface area contributed by atoms with Crippen molar-refractivity contribution < 1.29 is 22.8 Å². The molecule has 0 aromatic heterocycles. The monoisotopic (exact) mass is 452 g/mol. The van der Waals surface area contributed by atoms with Crippen molar-refractivity contribution in [2.24, 2.45) is 0 Å². The molecule has 33 heavy (non-hydrogen) atoms. The minimum atomic E-state index is -4.62. The van der Waals surface area contributed by atoms with Crippen molar-refractivity contribution in [3.63, 3.8) is 0 Å². The summed E-state index contributed by atoms with van der Waals surface area (Å²) in [5, 5.41) is 9.08. The van der Waals surface area contributed by atoms with Crippen molar-refractivity contribution in [3.05, 3.63) is 75.9 Å². The molecule has 0 N–H and O–H groups in total. The highest BCUT2D eigenvalue weighted by Gasteiger charge is 2.36. The third-order valence-electron chi connectivity index (χ3n) is 6.48. The number of fused-ring (bicyclic) bond motifs is 1. The molecular formula is C26H23F3N2O2. The molecule has 1 fully saturated rings. The molecule has 1 heterocycles. The Morgan fingerprint density at radius 3 is 2.70 bits per heavy atom. The lowest BCUT2D eigenvalue weighted by Gasteiger charge is -2.27. The molecule has 1 aliphatic heterocycles. The van der Waals surface area contributed by atoms with E-state index in [9.17, 15) is 22.8 Å². The zero-order valence-corrected chi connectivity index (χ0v) is 18.2. The number of rotatable bonds is 5. The zero-order chi connectivity index (χ0) is 23.8. The van der Waals surface area contributed by atoms with Gasteiger partial charge in [-0.1, -0.05) is 25.1 Å². The Morgan fingerprint density at radius 2 is 2.00 bits per heavy atom. The number of Topliss-reactive ketones (excluding diaryl/α,β-unsaturated/α-hetero) is 2. The van der Waals surface area contributed by atoms with E-state index < -0.39 is 29.7 Å². The molecule has 7 heteroatoms. The van der Waals surface area contributed by atoms with Crippen LogP contribution in [0.2, 0.25) is 0 Å². The fraction of sp³-hybridized carbons (Fsp3) is 0.346. The molecule has 4 nitrogen and oxygen atoms in total. The third kappa shape index (κ3) is 4.43. The first-order chi connectivity index (χ1) is 15.7. The van der Waals surface area contributed by atoms with Gasteiger partial charge >= 0.3 is 6.18 Å². The molecule has 0 radical (unpaired) electrons. The van der Waals surface area contributed by atoms with Crippen molar-refractivity contribution in [2.45, 2.75) is 51.2 Å². The maximum atomic E-state index is 13.9. The molecule has 0 spiro atoms. The van der Waals surface area contributed by atoms with Gasteiger partial charge in [-0.05, 0) is 61.1 Å². The van der Waals surface area contributed by atoms with E-state index >= 15 is 0 Å². The number of carbonyl (C=O) groups is 2. The van der Waals surface area contributed by atoms with Gasteiger partial charge in [-0.2, -0.15) is 18.4 Å². The van der Waals surface area contributed by atoms with Crippen LogP contribution in [-0.4, -0.2) is 24.2 Å². The average molecular weight is 452 g/mol. The number of halogens is 3. The second kappa shape index (κ2) is 8.86. The topological polar surface area (TPSA) is 61.2 Å². The number of benzene rings is 2. The predicted molar refractivity (Wildman–Crippen MR) is 118 cm³/mol. The first-order valence-electron chi connectivity index (χ1n) is 11.0.